The van der Waals surface area contributed by atoms with Crippen LogP contribution in [-0.4, -0.2) is 86.2 Å². The van der Waals surface area contributed by atoms with E-state index < -0.39 is 0 Å². The largest absolute Gasteiger partial charge is 1.00 e. The molecule has 2 spiro atoms. The zero-order chi connectivity index (χ0) is 65.3. The van der Waals surface area contributed by atoms with Crippen LogP contribution in [0, 0.1) is 101 Å². The normalized spacial score (nSPS) is 29.6. The van der Waals surface area contributed by atoms with E-state index in [1.54, 1.807) is 0 Å². The Labute approximate surface area is 760 Å². The number of nitrogens with zero attached hydrogens (tertiary/aromatic N) is 4. The Hall–Kier alpha value is 2.71. The molecule has 92 heavy (non-hydrogen) atoms. The summed E-state index contributed by atoms with van der Waals surface area (Å²) in [6.45, 7) is 30.8. The van der Waals surface area contributed by atoms with Crippen molar-refractivity contribution in [3.05, 3.63) is 14.9 Å². The van der Waals surface area contributed by atoms with E-state index in [1.165, 1.54) is 109 Å². The van der Waals surface area contributed by atoms with Crippen LogP contribution in [0.4, 0.5) is 0 Å². The van der Waals surface area contributed by atoms with Crippen molar-refractivity contribution in [2.45, 2.75) is 308 Å². The minimum atomic E-state index is -0.107. The number of hydrogen-bond donors (Lipinski definition) is 0. The second-order valence-corrected chi connectivity index (χ2v) is 23.4. The van der Waals surface area contributed by atoms with Crippen molar-refractivity contribution in [3.8, 4) is 0 Å². The molecule has 6 saturated heterocycles. The summed E-state index contributed by atoms with van der Waals surface area (Å²) < 4.78 is 30.1. The molecule has 0 N–H and O–H groups in total. The SMILES string of the molecule is CC.CC.CC.CC.CC.CC.CC.N#N.N#N.O=C1CC2CC3CC2CC13.O=C1CC2CCC1CC2.O=C1CC2CCCC2O1.O=C1CC2OCCC2O1.O=C1OCC2CCCC12.O=C1OCCC12CCCCC2.O=C1OCCC12CCCCC2.[CH3-].[CH3-].[H-].[H-].[Rb+].[Rb+].[Rb+].[Rb+]. The van der Waals surface area contributed by atoms with Crippen LogP contribution >= 0.6 is 0 Å². The number of fused-ring (bicyclic) bond motifs is 7. The zero-order valence-electron chi connectivity index (χ0n) is 64.6. The van der Waals surface area contributed by atoms with Gasteiger partial charge in [-0.25, -0.2) is 0 Å². The number of cyclic esters (lactones) is 3. The van der Waals surface area contributed by atoms with Crippen LogP contribution in [-0.2, 0) is 62.0 Å². The third-order valence-electron chi connectivity index (χ3n) is 19.3. The standard InChI is InChI=1S/2C9H14O2.C9H12O.C8H12O.2C7H10O2.C6H8O3.7C2H6.2CH3.2N2.4Rb.2H/c2*10-8-9(6-7-11-8)4-2-1-3-5-9;10-9-4-6-2-7-1-5(6)3-8(7)9;9-8-5-6-1-3-7(8)4-2-6;8-7-6-3-1-2-5(6)4-9-7;8-7-4-5-2-1-3-6(5)9-7;7-6-3-5-4(9-6)1-2-8-5;7*1-2;;;2*1-2;;;;;;/h2*1-7H2;5-8H,1-4H2;6-7H,1-5H2;2*5-6H,1-4H2;4-5H,1-3H2;7*1-2H3;2*1H3;;;;;;;;/q;;;;;;;;;;;;;;2*-1;;;4*+1;2*-1. The van der Waals surface area contributed by atoms with Crippen molar-refractivity contribution >= 4 is 41.4 Å². The van der Waals surface area contributed by atoms with Crippen molar-refractivity contribution in [2.24, 2.45) is 64.1 Å². The second kappa shape index (κ2) is 64.5. The van der Waals surface area contributed by atoms with Gasteiger partial charge in [-0.15, -0.1) is 0 Å². The third-order valence-corrected chi connectivity index (χ3v) is 19.3. The number of hydrogen-bond acceptors (Lipinski definition) is 17. The molecule has 10 atom stereocenters. The number of carbonyl (C=O) groups excluding carboxylic acids is 7. The Bertz CT molecular complexity index is 1870. The Morgan fingerprint density at radius 1 is 0.370 bits per heavy atom. The number of esters is 5. The molecule has 0 aromatic carbocycles. The summed E-state index contributed by atoms with van der Waals surface area (Å²) in [6.07, 6.45) is 34.2. The number of carbonyl (C=O) groups is 7. The molecule has 10 unspecified atom stereocenters. The van der Waals surface area contributed by atoms with Crippen LogP contribution in [0.15, 0.2) is 0 Å². The molecule has 0 amide bonds. The quantitative estimate of drug-likeness (QED) is 0.122. The van der Waals surface area contributed by atoms with Gasteiger partial charge in [0.2, 0.25) is 0 Å². The summed E-state index contributed by atoms with van der Waals surface area (Å²) in [7, 11) is 0. The summed E-state index contributed by atoms with van der Waals surface area (Å²) in [5.74, 6) is 7.12. The van der Waals surface area contributed by atoms with Gasteiger partial charge in [0.15, 0.2) is 0 Å². The molecule has 17 aliphatic rings. The van der Waals surface area contributed by atoms with E-state index in [-0.39, 0.29) is 309 Å². The fourth-order valence-corrected chi connectivity index (χ4v) is 15.1. The molecule has 0 radical (unpaired) electrons. The first-order valence-corrected chi connectivity index (χ1v) is 34.9. The molecule has 17 nitrogen and oxygen atoms in total. The van der Waals surface area contributed by atoms with Crippen LogP contribution < -0.4 is 233 Å². The maximum Gasteiger partial charge on any atom is 1.00 e. The summed E-state index contributed by atoms with van der Waals surface area (Å²) >= 11 is 0. The molecule has 516 valence electrons. The Morgan fingerprint density at radius 3 is 1.20 bits per heavy atom. The molecule has 0 aromatic heterocycles. The molecule has 17 rings (SSSR count). The van der Waals surface area contributed by atoms with Crippen LogP contribution in [0.3, 0.4) is 0 Å². The zero-order valence-corrected chi connectivity index (χ0v) is 82.2. The number of rotatable bonds is 0. The Kier molecular flexibility index (Phi) is 75.8. The monoisotopic (exact) mass is 1590 g/mol. The molecule has 11 aliphatic carbocycles. The molecule has 17 fully saturated rings. The Morgan fingerprint density at radius 2 is 0.826 bits per heavy atom. The third kappa shape index (κ3) is 34.8. The molecular formula is C71H130N4O13Rb4. The first-order valence-electron chi connectivity index (χ1n) is 34.9. The van der Waals surface area contributed by atoms with Crippen molar-refractivity contribution in [1.29, 1.82) is 21.6 Å². The van der Waals surface area contributed by atoms with Crippen molar-refractivity contribution in [1.82, 2.24) is 0 Å². The minimum Gasteiger partial charge on any atom is -1.00 e. The fourth-order valence-electron chi connectivity index (χ4n) is 15.1. The van der Waals surface area contributed by atoms with Gasteiger partial charge in [-0.3, -0.25) is 33.6 Å². The number of Topliss-reactive ketones (excluding diaryl/α,β-unsaturated/α-hetero) is 2. The smallest absolute Gasteiger partial charge is 1.00 e. The van der Waals surface area contributed by atoms with Gasteiger partial charge >= 0.3 is 263 Å². The van der Waals surface area contributed by atoms with Gasteiger partial charge in [0.05, 0.1) is 56.0 Å². The van der Waals surface area contributed by atoms with Crippen LogP contribution in [0.25, 0.3) is 0 Å². The molecule has 6 heterocycles. The van der Waals surface area contributed by atoms with Crippen LogP contribution in [0.2, 0.25) is 0 Å². The molecule has 6 aliphatic heterocycles. The maximum atomic E-state index is 11.3. The van der Waals surface area contributed by atoms with E-state index >= 15 is 0 Å². The van der Waals surface area contributed by atoms with E-state index in [0.717, 1.165) is 101 Å². The summed E-state index contributed by atoms with van der Waals surface area (Å²) in [5, 5.41) is 24.0. The van der Waals surface area contributed by atoms with Gasteiger partial charge in [0, 0.05) is 64.5 Å². The average Bonchev–Trinajstić information content (AvgIpc) is 1.61. The van der Waals surface area contributed by atoms with E-state index in [0.29, 0.717) is 74.0 Å². The first-order chi connectivity index (χ1) is 42.0. The average molecular weight is 1590 g/mol. The van der Waals surface area contributed by atoms with Crippen LogP contribution in [0.5, 0.6) is 0 Å². The van der Waals surface area contributed by atoms with E-state index in [4.69, 9.17) is 50.0 Å². The first kappa shape index (κ1) is 108. The van der Waals surface area contributed by atoms with E-state index in [9.17, 15) is 33.6 Å². The maximum absolute atomic E-state index is 11.3. The number of ether oxygens (including phenoxy) is 6. The van der Waals surface area contributed by atoms with Gasteiger partial charge in [-0.05, 0) is 139 Å². The number of ketones is 2. The molecule has 21 heteroatoms. The molecular weight excluding hydrogens is 1460 g/mol. The summed E-state index contributed by atoms with van der Waals surface area (Å²) in [5.41, 5.74) is -0.0590. The van der Waals surface area contributed by atoms with Gasteiger partial charge < -0.3 is 46.1 Å². The van der Waals surface area contributed by atoms with Crippen molar-refractivity contribution < 1.29 is 298 Å². The van der Waals surface area contributed by atoms with Gasteiger partial charge in [0.1, 0.15) is 29.9 Å². The van der Waals surface area contributed by atoms with E-state index in [2.05, 4.69) is 0 Å². The Balaban J connectivity index is -0.000000121. The minimum absolute atomic E-state index is 0. The van der Waals surface area contributed by atoms with Gasteiger partial charge in [-0.1, -0.05) is 142 Å². The fraction of sp³-hybridized carbons (Fsp3) is 0.873. The molecule has 11 saturated carbocycles. The molecule has 0 aromatic rings. The molecule has 6 bridgehead atoms. The predicted molar refractivity (Wildman–Crippen MR) is 349 cm³/mol. The summed E-state index contributed by atoms with van der Waals surface area (Å²) in [6, 6.07) is 0. The van der Waals surface area contributed by atoms with Crippen LogP contribution in [0.1, 0.15) is 292 Å². The van der Waals surface area contributed by atoms with Gasteiger partial charge in [0.25, 0.3) is 0 Å². The van der Waals surface area contributed by atoms with Crippen molar-refractivity contribution in [2.75, 3.05) is 26.4 Å². The van der Waals surface area contributed by atoms with Crippen molar-refractivity contribution in [3.63, 3.8) is 0 Å². The van der Waals surface area contributed by atoms with Gasteiger partial charge in [-0.2, -0.15) is 0 Å². The topological polar surface area (TPSA) is 270 Å². The predicted octanol–water partition coefficient (Wildman–Crippen LogP) is 5.69. The summed E-state index contributed by atoms with van der Waals surface area (Å²) in [4.78, 5) is 77.0. The second-order valence-electron chi connectivity index (χ2n) is 23.4. The van der Waals surface area contributed by atoms with E-state index in [1.807, 2.05) is 96.9 Å².